The summed E-state index contributed by atoms with van der Waals surface area (Å²) >= 11 is 0. The normalized spacial score (nSPS) is 9.18. The molecule has 0 saturated carbocycles. The summed E-state index contributed by atoms with van der Waals surface area (Å²) in [5.74, 6) is 0. The van der Waals surface area contributed by atoms with E-state index in [9.17, 15) is 0 Å². The highest BCUT2D eigenvalue weighted by molar-refractivity contribution is 5.85. The van der Waals surface area contributed by atoms with Crippen molar-refractivity contribution in [3.8, 4) is 0 Å². The van der Waals surface area contributed by atoms with Gasteiger partial charge in [-0.2, -0.15) is 10.2 Å². The molecule has 2 aromatic rings. The first kappa shape index (κ1) is 23.1. The van der Waals surface area contributed by atoms with Gasteiger partial charge in [0.05, 0.1) is 0 Å². The molecule has 0 atom stereocenters. The minimum absolute atomic E-state index is 0. The summed E-state index contributed by atoms with van der Waals surface area (Å²) in [4.78, 5) is 7.64. The zero-order chi connectivity index (χ0) is 14.5. The molecule has 0 bridgehead atoms. The molecule has 0 aliphatic heterocycles. The predicted molar refractivity (Wildman–Crippen MR) is 91.1 cm³/mol. The number of nitrogens with two attached hydrogens (primary N) is 2. The first-order chi connectivity index (χ1) is 9.86. The third-order valence-corrected chi connectivity index (χ3v) is 2.62. The van der Waals surface area contributed by atoms with E-state index in [2.05, 4.69) is 20.2 Å². The second-order valence-corrected chi connectivity index (χ2v) is 4.31. The Balaban J connectivity index is 0. The zero-order valence-electron chi connectivity index (χ0n) is 12.6. The fourth-order valence-corrected chi connectivity index (χ4v) is 1.53. The van der Waals surface area contributed by atoms with Crippen molar-refractivity contribution in [1.29, 1.82) is 0 Å². The topological polar surface area (TPSA) is 113 Å². The number of hydrogen-bond donors (Lipinski definition) is 2. The van der Waals surface area contributed by atoms with Crippen molar-refractivity contribution in [3.63, 3.8) is 0 Å². The van der Waals surface area contributed by atoms with Crippen LogP contribution in [0.1, 0.15) is 25.7 Å². The van der Waals surface area contributed by atoms with Gasteiger partial charge in [0, 0.05) is 13.1 Å². The molecular formula is C12H26Cl2N8. The van der Waals surface area contributed by atoms with E-state index < -0.39 is 0 Å². The highest BCUT2D eigenvalue weighted by Crippen LogP contribution is 1.90. The second kappa shape index (κ2) is 16.2. The van der Waals surface area contributed by atoms with Gasteiger partial charge in [-0.25, -0.2) is 9.97 Å². The van der Waals surface area contributed by atoms with Gasteiger partial charge < -0.3 is 11.5 Å². The third-order valence-electron chi connectivity index (χ3n) is 2.62. The lowest BCUT2D eigenvalue weighted by Gasteiger charge is -1.96. The van der Waals surface area contributed by atoms with Gasteiger partial charge in [0.15, 0.2) is 0 Å². The number of nitrogens with zero attached hydrogens (tertiary/aromatic N) is 6. The minimum atomic E-state index is 0. The van der Waals surface area contributed by atoms with Gasteiger partial charge >= 0.3 is 0 Å². The van der Waals surface area contributed by atoms with Crippen molar-refractivity contribution in [2.24, 2.45) is 11.5 Å². The van der Waals surface area contributed by atoms with Crippen molar-refractivity contribution < 1.29 is 0 Å². The fraction of sp³-hybridized carbons (Fsp3) is 0.667. The molecule has 4 N–H and O–H groups in total. The Morgan fingerprint density at radius 3 is 1.36 bits per heavy atom. The Labute approximate surface area is 143 Å². The van der Waals surface area contributed by atoms with E-state index >= 15 is 0 Å². The van der Waals surface area contributed by atoms with Crippen molar-refractivity contribution in [2.45, 2.75) is 38.8 Å². The van der Waals surface area contributed by atoms with Gasteiger partial charge in [0.1, 0.15) is 25.3 Å². The van der Waals surface area contributed by atoms with Crippen LogP contribution in [0.25, 0.3) is 0 Å². The number of rotatable bonds is 8. The fourth-order valence-electron chi connectivity index (χ4n) is 1.53. The van der Waals surface area contributed by atoms with E-state index in [0.29, 0.717) is 0 Å². The number of hydrogen-bond acceptors (Lipinski definition) is 6. The summed E-state index contributed by atoms with van der Waals surface area (Å²) in [7, 11) is 0. The first-order valence-corrected chi connectivity index (χ1v) is 6.91. The van der Waals surface area contributed by atoms with Crippen LogP contribution < -0.4 is 11.5 Å². The van der Waals surface area contributed by atoms with Gasteiger partial charge in [-0.3, -0.25) is 9.36 Å². The van der Waals surface area contributed by atoms with Crippen molar-refractivity contribution in [1.82, 2.24) is 29.5 Å². The van der Waals surface area contributed by atoms with Gasteiger partial charge in [-0.1, -0.05) is 0 Å². The molecule has 10 heteroatoms. The van der Waals surface area contributed by atoms with Crippen LogP contribution in [-0.2, 0) is 13.1 Å². The van der Waals surface area contributed by atoms with E-state index in [1.54, 1.807) is 25.3 Å². The molecule has 2 aromatic heterocycles. The molecule has 2 heterocycles. The van der Waals surface area contributed by atoms with Crippen LogP contribution in [0.3, 0.4) is 0 Å². The Hall–Kier alpha value is -1.22. The minimum Gasteiger partial charge on any atom is -0.330 e. The molecule has 0 aliphatic rings. The number of unbranched alkanes of at least 4 members (excludes halogenated alkanes) is 2. The summed E-state index contributed by atoms with van der Waals surface area (Å²) in [5, 5.41) is 7.91. The van der Waals surface area contributed by atoms with Gasteiger partial charge in [-0.05, 0) is 38.8 Å². The van der Waals surface area contributed by atoms with E-state index in [-0.39, 0.29) is 24.8 Å². The standard InChI is InChI=1S/2C6H12N4.2ClH/c2*7-3-1-2-4-10-6-8-5-9-10;;/h2*5-6H,1-4,7H2;2*1H. The monoisotopic (exact) mass is 352 g/mol. The SMILES string of the molecule is Cl.Cl.NCCCCn1cncn1.NCCCCn1cncn1. The van der Waals surface area contributed by atoms with Crippen LogP contribution in [0.2, 0.25) is 0 Å². The van der Waals surface area contributed by atoms with E-state index in [4.69, 9.17) is 11.5 Å². The summed E-state index contributed by atoms with van der Waals surface area (Å²) in [6.45, 7) is 3.37. The molecule has 0 unspecified atom stereocenters. The lowest BCUT2D eigenvalue weighted by molar-refractivity contribution is 0.560. The number of halogens is 2. The maximum atomic E-state index is 5.32. The molecule has 0 saturated heterocycles. The van der Waals surface area contributed by atoms with Gasteiger partial charge in [-0.15, -0.1) is 24.8 Å². The maximum absolute atomic E-state index is 5.32. The molecule has 0 aromatic carbocycles. The lowest BCUT2D eigenvalue weighted by Crippen LogP contribution is -2.03. The predicted octanol–water partition coefficient (Wildman–Crippen LogP) is 0.878. The molecule has 22 heavy (non-hydrogen) atoms. The molecule has 8 nitrogen and oxygen atoms in total. The highest BCUT2D eigenvalue weighted by atomic mass is 35.5. The van der Waals surface area contributed by atoms with E-state index in [1.165, 1.54) is 0 Å². The molecule has 0 radical (unpaired) electrons. The van der Waals surface area contributed by atoms with Crippen molar-refractivity contribution in [2.75, 3.05) is 13.1 Å². The summed E-state index contributed by atoms with van der Waals surface area (Å²) in [6.07, 6.45) is 10.8. The van der Waals surface area contributed by atoms with Crippen molar-refractivity contribution in [3.05, 3.63) is 25.3 Å². The van der Waals surface area contributed by atoms with Gasteiger partial charge in [0.2, 0.25) is 0 Å². The molecule has 128 valence electrons. The summed E-state index contributed by atoms with van der Waals surface area (Å²) < 4.78 is 3.63. The lowest BCUT2D eigenvalue weighted by atomic mass is 10.3. The van der Waals surface area contributed by atoms with Crippen LogP contribution in [0, 0.1) is 0 Å². The van der Waals surface area contributed by atoms with Gasteiger partial charge in [0.25, 0.3) is 0 Å². The quantitative estimate of drug-likeness (QED) is 0.681. The van der Waals surface area contributed by atoms with E-state index in [0.717, 1.165) is 51.9 Å². The Kier molecular flexibility index (Phi) is 16.9. The van der Waals surface area contributed by atoms with Crippen LogP contribution in [0.15, 0.2) is 25.3 Å². The molecule has 2 rings (SSSR count). The highest BCUT2D eigenvalue weighted by Gasteiger charge is 1.89. The smallest absolute Gasteiger partial charge is 0.137 e. The third kappa shape index (κ3) is 11.4. The maximum Gasteiger partial charge on any atom is 0.137 e. The largest absolute Gasteiger partial charge is 0.330 e. The van der Waals surface area contributed by atoms with Crippen LogP contribution in [0.5, 0.6) is 0 Å². The first-order valence-electron chi connectivity index (χ1n) is 6.91. The number of aryl methyl sites for hydroxylation is 2. The average molecular weight is 353 g/mol. The Morgan fingerprint density at radius 1 is 0.682 bits per heavy atom. The van der Waals surface area contributed by atoms with Crippen LogP contribution in [0.4, 0.5) is 0 Å². The Bertz CT molecular complexity index is 366. The molecule has 0 fully saturated rings. The molecule has 0 amide bonds. The summed E-state index contributed by atoms with van der Waals surface area (Å²) in [5.41, 5.74) is 10.6. The zero-order valence-corrected chi connectivity index (χ0v) is 14.3. The Morgan fingerprint density at radius 2 is 1.09 bits per heavy atom. The second-order valence-electron chi connectivity index (χ2n) is 4.31. The molecule has 0 spiro atoms. The van der Waals surface area contributed by atoms with E-state index in [1.807, 2.05) is 9.36 Å². The van der Waals surface area contributed by atoms with Crippen LogP contribution >= 0.6 is 24.8 Å². The van der Waals surface area contributed by atoms with Crippen molar-refractivity contribution >= 4 is 24.8 Å². The number of aromatic nitrogens is 6. The average Bonchev–Trinajstić information content (AvgIpc) is 3.13. The molecular weight excluding hydrogens is 327 g/mol. The molecule has 0 aliphatic carbocycles. The summed E-state index contributed by atoms with van der Waals surface area (Å²) in [6, 6.07) is 0. The van der Waals surface area contributed by atoms with Crippen LogP contribution in [-0.4, -0.2) is 42.6 Å².